The summed E-state index contributed by atoms with van der Waals surface area (Å²) < 4.78 is -0.370. The van der Waals surface area contributed by atoms with Crippen LogP contribution in [0, 0.1) is 0 Å². The Labute approximate surface area is 71.0 Å². The average molecular weight is 224 g/mol. The maximum atomic E-state index is 10.3. The van der Waals surface area contributed by atoms with Gasteiger partial charge in [-0.05, 0) is 6.92 Å². The number of halogens is 1. The molecule has 0 aromatic heterocycles. The lowest BCUT2D eigenvalue weighted by Crippen LogP contribution is -2.10. The monoisotopic (exact) mass is 223 g/mol. The number of aliphatic carboxylic acids is 1. The molecule has 1 unspecified atom stereocenters. The molecule has 0 amide bonds. The lowest BCUT2D eigenvalue weighted by Gasteiger charge is -2.06. The van der Waals surface area contributed by atoms with Crippen molar-refractivity contribution >= 4 is 38.7 Å². The Bertz CT molecular complexity index is 202. The molecule has 0 aromatic rings. The van der Waals surface area contributed by atoms with Crippen LogP contribution in [0.4, 0.5) is 0 Å². The van der Waals surface area contributed by atoms with E-state index in [4.69, 9.17) is 5.11 Å². The van der Waals surface area contributed by atoms with Crippen molar-refractivity contribution in [3.05, 3.63) is 0 Å². The summed E-state index contributed by atoms with van der Waals surface area (Å²) in [6.07, 6.45) is 0. The SMILES string of the molecule is CC1(Br)CSC(C(=O)O)=N1. The van der Waals surface area contributed by atoms with E-state index in [2.05, 4.69) is 20.9 Å². The summed E-state index contributed by atoms with van der Waals surface area (Å²) in [5, 5.41) is 8.67. The summed E-state index contributed by atoms with van der Waals surface area (Å²) >= 11 is 4.54. The molecule has 1 aliphatic rings. The van der Waals surface area contributed by atoms with Crippen LogP contribution in [0.5, 0.6) is 0 Å². The summed E-state index contributed by atoms with van der Waals surface area (Å²) in [5.74, 6) is -0.248. The third kappa shape index (κ3) is 1.73. The van der Waals surface area contributed by atoms with Crippen molar-refractivity contribution in [2.24, 2.45) is 4.99 Å². The van der Waals surface area contributed by atoms with Crippen LogP contribution in [-0.2, 0) is 4.79 Å². The highest BCUT2D eigenvalue weighted by Crippen LogP contribution is 2.32. The number of nitrogens with zero attached hydrogens (tertiary/aromatic N) is 1. The van der Waals surface area contributed by atoms with Crippen molar-refractivity contribution in [2.75, 3.05) is 5.75 Å². The summed E-state index contributed by atoms with van der Waals surface area (Å²) in [6.45, 7) is 1.84. The number of hydrogen-bond acceptors (Lipinski definition) is 3. The van der Waals surface area contributed by atoms with Gasteiger partial charge in [-0.3, -0.25) is 4.99 Å². The fourth-order valence-electron chi connectivity index (χ4n) is 0.586. The molecule has 1 rings (SSSR count). The zero-order chi connectivity index (χ0) is 7.78. The molecule has 1 atom stereocenters. The second kappa shape index (κ2) is 2.54. The Hall–Kier alpha value is -0.0300. The Balaban J connectivity index is 2.76. The van der Waals surface area contributed by atoms with E-state index in [-0.39, 0.29) is 9.49 Å². The molecular formula is C5H6BrNO2S. The molecule has 56 valence electrons. The Morgan fingerprint density at radius 3 is 2.80 bits per heavy atom. The van der Waals surface area contributed by atoms with Crippen LogP contribution in [0.25, 0.3) is 0 Å². The van der Waals surface area contributed by atoms with Gasteiger partial charge in [0, 0.05) is 5.75 Å². The topological polar surface area (TPSA) is 49.7 Å². The highest BCUT2D eigenvalue weighted by atomic mass is 79.9. The molecule has 0 aromatic carbocycles. The second-order valence-corrected chi connectivity index (χ2v) is 4.83. The minimum atomic E-state index is -0.937. The second-order valence-electron chi connectivity index (χ2n) is 2.15. The van der Waals surface area contributed by atoms with E-state index in [1.165, 1.54) is 11.8 Å². The predicted octanol–water partition coefficient (Wildman–Crippen LogP) is 1.33. The normalized spacial score (nSPS) is 32.0. The van der Waals surface area contributed by atoms with Crippen LogP contribution in [0.2, 0.25) is 0 Å². The smallest absolute Gasteiger partial charge is 0.360 e. The average Bonchev–Trinajstić information content (AvgIpc) is 2.10. The number of carbonyl (C=O) groups is 1. The zero-order valence-corrected chi connectivity index (χ0v) is 7.70. The maximum Gasteiger partial charge on any atom is 0.360 e. The molecule has 0 aliphatic carbocycles. The summed E-state index contributed by atoms with van der Waals surface area (Å²) in [4.78, 5) is 14.2. The van der Waals surface area contributed by atoms with Crippen LogP contribution in [0.3, 0.4) is 0 Å². The van der Waals surface area contributed by atoms with Gasteiger partial charge in [0.25, 0.3) is 0 Å². The number of thioether (sulfide) groups is 1. The standard InChI is InChI=1S/C5H6BrNO2S/c1-5(6)2-10-3(7-5)4(8)9/h2H2,1H3,(H,8,9). The molecule has 0 spiro atoms. The molecule has 1 N–H and O–H groups in total. The number of hydrogen-bond donors (Lipinski definition) is 1. The van der Waals surface area contributed by atoms with Gasteiger partial charge in [-0.25, -0.2) is 4.79 Å². The molecule has 5 heteroatoms. The Morgan fingerprint density at radius 2 is 2.60 bits per heavy atom. The molecule has 0 fully saturated rings. The highest BCUT2D eigenvalue weighted by Gasteiger charge is 2.30. The number of carboxylic acids is 1. The fourth-order valence-corrected chi connectivity index (χ4v) is 2.08. The molecule has 0 saturated carbocycles. The molecule has 1 heterocycles. The van der Waals surface area contributed by atoms with Gasteiger partial charge in [-0.2, -0.15) is 0 Å². The zero-order valence-electron chi connectivity index (χ0n) is 5.30. The van der Waals surface area contributed by atoms with Crippen molar-refractivity contribution in [3.8, 4) is 0 Å². The van der Waals surface area contributed by atoms with Crippen LogP contribution in [0.1, 0.15) is 6.92 Å². The van der Waals surface area contributed by atoms with E-state index in [1.807, 2.05) is 6.92 Å². The van der Waals surface area contributed by atoms with Gasteiger partial charge in [-0.1, -0.05) is 27.7 Å². The first kappa shape index (κ1) is 8.07. The van der Waals surface area contributed by atoms with Gasteiger partial charge in [-0.15, -0.1) is 0 Å². The van der Waals surface area contributed by atoms with Crippen LogP contribution in [-0.4, -0.2) is 26.3 Å². The van der Waals surface area contributed by atoms with E-state index >= 15 is 0 Å². The largest absolute Gasteiger partial charge is 0.476 e. The van der Waals surface area contributed by atoms with E-state index in [0.717, 1.165) is 0 Å². The van der Waals surface area contributed by atoms with E-state index in [0.29, 0.717) is 5.75 Å². The third-order valence-corrected chi connectivity index (χ3v) is 3.06. The molecular weight excluding hydrogens is 218 g/mol. The van der Waals surface area contributed by atoms with Gasteiger partial charge in [0.15, 0.2) is 5.04 Å². The van der Waals surface area contributed by atoms with Crippen molar-refractivity contribution in [2.45, 2.75) is 11.4 Å². The summed E-state index contributed by atoms with van der Waals surface area (Å²) in [5.41, 5.74) is 0. The van der Waals surface area contributed by atoms with E-state index < -0.39 is 5.97 Å². The molecule has 0 saturated heterocycles. The quantitative estimate of drug-likeness (QED) is 0.539. The van der Waals surface area contributed by atoms with Crippen LogP contribution in [0.15, 0.2) is 4.99 Å². The van der Waals surface area contributed by atoms with Gasteiger partial charge in [0.1, 0.15) is 4.45 Å². The Kier molecular flexibility index (Phi) is 2.05. The number of alkyl halides is 1. The van der Waals surface area contributed by atoms with Crippen molar-refractivity contribution in [3.63, 3.8) is 0 Å². The third-order valence-electron chi connectivity index (χ3n) is 0.990. The van der Waals surface area contributed by atoms with E-state index in [9.17, 15) is 4.79 Å². The van der Waals surface area contributed by atoms with Gasteiger partial charge >= 0.3 is 5.97 Å². The summed E-state index contributed by atoms with van der Waals surface area (Å²) in [7, 11) is 0. The van der Waals surface area contributed by atoms with Crippen molar-refractivity contribution < 1.29 is 9.90 Å². The molecule has 0 radical (unpaired) electrons. The van der Waals surface area contributed by atoms with Gasteiger partial charge in [0.2, 0.25) is 0 Å². The molecule has 0 bridgehead atoms. The fraction of sp³-hybridized carbons (Fsp3) is 0.600. The lowest BCUT2D eigenvalue weighted by molar-refractivity contribution is -0.129. The first-order chi connectivity index (χ1) is 4.51. The lowest BCUT2D eigenvalue weighted by atomic mass is 10.4. The Morgan fingerprint density at radius 1 is 2.00 bits per heavy atom. The van der Waals surface area contributed by atoms with Crippen molar-refractivity contribution in [1.29, 1.82) is 0 Å². The minimum absolute atomic E-state index is 0.194. The van der Waals surface area contributed by atoms with E-state index in [1.54, 1.807) is 0 Å². The predicted molar refractivity (Wildman–Crippen MR) is 44.9 cm³/mol. The van der Waals surface area contributed by atoms with Crippen LogP contribution >= 0.6 is 27.7 Å². The van der Waals surface area contributed by atoms with Crippen LogP contribution < -0.4 is 0 Å². The molecule has 3 nitrogen and oxygen atoms in total. The number of carboxylic acid groups (broad SMARTS) is 1. The molecule has 10 heavy (non-hydrogen) atoms. The number of aliphatic imine (C=N–C) groups is 1. The summed E-state index contributed by atoms with van der Waals surface area (Å²) in [6, 6.07) is 0. The van der Waals surface area contributed by atoms with Gasteiger partial charge in [0.05, 0.1) is 0 Å². The minimum Gasteiger partial charge on any atom is -0.476 e. The molecule has 1 aliphatic heterocycles. The van der Waals surface area contributed by atoms with Gasteiger partial charge < -0.3 is 5.11 Å². The van der Waals surface area contributed by atoms with Crippen molar-refractivity contribution in [1.82, 2.24) is 0 Å². The first-order valence-corrected chi connectivity index (χ1v) is 4.44. The first-order valence-electron chi connectivity index (χ1n) is 2.66. The highest BCUT2D eigenvalue weighted by molar-refractivity contribution is 9.10. The number of rotatable bonds is 1. The maximum absolute atomic E-state index is 10.3.